The lowest BCUT2D eigenvalue weighted by atomic mass is 9.96. The smallest absolute Gasteiger partial charge is 0.188 e. The number of ether oxygens (including phenoxy) is 3. The number of hydrogen-bond donors (Lipinski definition) is 0. The molecule has 1 aromatic heterocycles. The molecule has 0 radical (unpaired) electrons. The number of methoxy groups -OCH3 is 1. The molecule has 2 saturated heterocycles. The number of piperazine rings is 1. The first kappa shape index (κ1) is 25.6. The highest BCUT2D eigenvalue weighted by Crippen LogP contribution is 2.40. The van der Waals surface area contributed by atoms with Gasteiger partial charge >= 0.3 is 0 Å². The summed E-state index contributed by atoms with van der Waals surface area (Å²) < 4.78 is 31.9. The molecule has 2 aromatic carbocycles. The second-order valence-electron chi connectivity index (χ2n) is 9.76. The second-order valence-corrected chi connectivity index (χ2v) is 9.76. The summed E-state index contributed by atoms with van der Waals surface area (Å²) in [4.78, 5) is 13.6. The topological polar surface area (TPSA) is 60.0 Å². The summed E-state index contributed by atoms with van der Waals surface area (Å²) in [5.41, 5.74) is 2.49. The predicted molar refractivity (Wildman–Crippen MR) is 142 cm³/mol. The molecule has 1 atom stereocenters. The van der Waals surface area contributed by atoms with E-state index in [1.807, 2.05) is 31.2 Å². The van der Waals surface area contributed by atoms with Gasteiger partial charge in [0.25, 0.3) is 0 Å². The zero-order valence-electron chi connectivity index (χ0n) is 21.6. The lowest BCUT2D eigenvalue weighted by Crippen LogP contribution is -2.48. The van der Waals surface area contributed by atoms with Crippen LogP contribution in [-0.2, 0) is 9.47 Å². The molecule has 2 aliphatic rings. The van der Waals surface area contributed by atoms with Crippen LogP contribution in [0.5, 0.6) is 11.5 Å². The van der Waals surface area contributed by atoms with Gasteiger partial charge in [0.2, 0.25) is 0 Å². The lowest BCUT2D eigenvalue weighted by Gasteiger charge is -2.38. The van der Waals surface area contributed by atoms with Gasteiger partial charge in [0.1, 0.15) is 17.9 Å². The number of halogens is 1. The molecule has 0 N–H and O–H groups in total. The number of rotatable bonds is 8. The van der Waals surface area contributed by atoms with E-state index in [-0.39, 0.29) is 11.9 Å². The summed E-state index contributed by atoms with van der Waals surface area (Å²) in [7, 11) is 1.67. The van der Waals surface area contributed by atoms with Crippen LogP contribution in [0.25, 0.3) is 11.1 Å². The van der Waals surface area contributed by atoms with Gasteiger partial charge in [-0.25, -0.2) is 14.4 Å². The highest BCUT2D eigenvalue weighted by molar-refractivity contribution is 5.74. The van der Waals surface area contributed by atoms with Crippen molar-refractivity contribution in [1.29, 1.82) is 0 Å². The van der Waals surface area contributed by atoms with Crippen molar-refractivity contribution < 1.29 is 18.6 Å². The van der Waals surface area contributed by atoms with Gasteiger partial charge in [0.15, 0.2) is 11.6 Å². The monoisotopic (exact) mass is 506 g/mol. The van der Waals surface area contributed by atoms with Crippen molar-refractivity contribution in [1.82, 2.24) is 14.9 Å². The van der Waals surface area contributed by atoms with Crippen molar-refractivity contribution in [2.75, 3.05) is 57.9 Å². The quantitative estimate of drug-likeness (QED) is 0.409. The third kappa shape index (κ3) is 6.09. The van der Waals surface area contributed by atoms with Crippen LogP contribution in [-0.4, -0.2) is 67.9 Å². The van der Waals surface area contributed by atoms with Crippen LogP contribution in [0.15, 0.2) is 55.0 Å². The van der Waals surface area contributed by atoms with E-state index in [1.54, 1.807) is 25.7 Å². The van der Waals surface area contributed by atoms with Crippen LogP contribution in [0.2, 0.25) is 0 Å². The first-order chi connectivity index (χ1) is 18.1. The molecular formula is C29H35FN4O3. The van der Waals surface area contributed by atoms with E-state index in [1.165, 1.54) is 12.1 Å². The standard InChI is InChI=1S/C29H35FN4O3/c1-21(35-2)24-5-3-4-6-25(24)26-17-23(30)7-8-27(26)37-28-18-31-20-32-29(28)34-13-11-33(12-14-34)19-22-9-15-36-16-10-22/h3-8,17-18,20-22H,9-16,19H2,1-2H3. The molecule has 37 heavy (non-hydrogen) atoms. The van der Waals surface area contributed by atoms with Crippen molar-refractivity contribution in [3.05, 3.63) is 66.4 Å². The average Bonchev–Trinajstić information content (AvgIpc) is 2.95. The Bertz CT molecular complexity index is 1180. The molecule has 0 amide bonds. The SMILES string of the molecule is COC(C)c1ccccc1-c1cc(F)ccc1Oc1cncnc1N1CCN(CC2CCOCC2)CC1. The molecule has 0 saturated carbocycles. The van der Waals surface area contributed by atoms with Gasteiger partial charge in [-0.05, 0) is 55.0 Å². The van der Waals surface area contributed by atoms with Crippen LogP contribution in [0, 0.1) is 11.7 Å². The van der Waals surface area contributed by atoms with Gasteiger partial charge < -0.3 is 19.1 Å². The molecule has 3 heterocycles. The zero-order valence-corrected chi connectivity index (χ0v) is 21.6. The summed E-state index contributed by atoms with van der Waals surface area (Å²) >= 11 is 0. The van der Waals surface area contributed by atoms with Gasteiger partial charge in [-0.1, -0.05) is 24.3 Å². The highest BCUT2D eigenvalue weighted by Gasteiger charge is 2.25. The van der Waals surface area contributed by atoms with E-state index in [9.17, 15) is 4.39 Å². The van der Waals surface area contributed by atoms with Crippen LogP contribution in [0.3, 0.4) is 0 Å². The molecule has 0 bridgehead atoms. The summed E-state index contributed by atoms with van der Waals surface area (Å²) in [6.45, 7) is 8.54. The van der Waals surface area contributed by atoms with Crippen molar-refractivity contribution in [3.8, 4) is 22.6 Å². The molecule has 8 heteroatoms. The van der Waals surface area contributed by atoms with Crippen LogP contribution in [0.1, 0.15) is 31.4 Å². The van der Waals surface area contributed by atoms with E-state index < -0.39 is 0 Å². The van der Waals surface area contributed by atoms with Gasteiger partial charge in [-0.3, -0.25) is 4.90 Å². The first-order valence-corrected chi connectivity index (χ1v) is 13.1. The maximum absolute atomic E-state index is 14.4. The molecule has 196 valence electrons. The third-order valence-corrected chi connectivity index (χ3v) is 7.39. The Morgan fingerprint density at radius 3 is 2.59 bits per heavy atom. The van der Waals surface area contributed by atoms with E-state index in [2.05, 4.69) is 19.8 Å². The molecule has 7 nitrogen and oxygen atoms in total. The fraction of sp³-hybridized carbons (Fsp3) is 0.448. The largest absolute Gasteiger partial charge is 0.451 e. The summed E-state index contributed by atoms with van der Waals surface area (Å²) in [5, 5.41) is 0. The molecule has 2 aliphatic heterocycles. The second kappa shape index (κ2) is 12.0. The van der Waals surface area contributed by atoms with Crippen LogP contribution in [0.4, 0.5) is 10.2 Å². The van der Waals surface area contributed by atoms with Gasteiger partial charge in [-0.15, -0.1) is 0 Å². The Hall–Kier alpha value is -3.07. The molecule has 0 aliphatic carbocycles. The Morgan fingerprint density at radius 2 is 1.81 bits per heavy atom. The molecular weight excluding hydrogens is 471 g/mol. The van der Waals surface area contributed by atoms with Crippen molar-refractivity contribution in [2.45, 2.75) is 25.9 Å². The summed E-state index contributed by atoms with van der Waals surface area (Å²) in [6, 6.07) is 12.4. The number of benzene rings is 2. The fourth-order valence-electron chi connectivity index (χ4n) is 5.20. The summed E-state index contributed by atoms with van der Waals surface area (Å²) in [5.74, 6) is 2.26. The van der Waals surface area contributed by atoms with Gasteiger partial charge in [0, 0.05) is 58.6 Å². The Balaban J connectivity index is 1.36. The molecule has 3 aromatic rings. The van der Waals surface area contributed by atoms with Gasteiger partial charge in [0.05, 0.1) is 12.3 Å². The minimum atomic E-state index is -0.326. The van der Waals surface area contributed by atoms with Crippen LogP contribution >= 0.6 is 0 Å². The molecule has 2 fully saturated rings. The minimum absolute atomic E-state index is 0.152. The fourth-order valence-corrected chi connectivity index (χ4v) is 5.20. The van der Waals surface area contributed by atoms with Crippen molar-refractivity contribution in [2.24, 2.45) is 5.92 Å². The van der Waals surface area contributed by atoms with Gasteiger partial charge in [-0.2, -0.15) is 0 Å². The Labute approximate surface area is 218 Å². The summed E-state index contributed by atoms with van der Waals surface area (Å²) in [6.07, 6.45) is 5.39. The zero-order chi connectivity index (χ0) is 25.6. The number of hydrogen-bond acceptors (Lipinski definition) is 7. The molecule has 1 unspecified atom stereocenters. The normalized spacial score (nSPS) is 18.1. The van der Waals surface area contributed by atoms with Crippen molar-refractivity contribution >= 4 is 5.82 Å². The van der Waals surface area contributed by atoms with Crippen LogP contribution < -0.4 is 9.64 Å². The number of aromatic nitrogens is 2. The number of anilines is 1. The third-order valence-electron chi connectivity index (χ3n) is 7.39. The number of nitrogens with zero attached hydrogens (tertiary/aromatic N) is 4. The maximum atomic E-state index is 14.4. The minimum Gasteiger partial charge on any atom is -0.451 e. The maximum Gasteiger partial charge on any atom is 0.188 e. The highest BCUT2D eigenvalue weighted by atomic mass is 19.1. The van der Waals surface area contributed by atoms with E-state index in [0.29, 0.717) is 17.1 Å². The van der Waals surface area contributed by atoms with E-state index >= 15 is 0 Å². The van der Waals surface area contributed by atoms with E-state index in [4.69, 9.17) is 14.2 Å². The van der Waals surface area contributed by atoms with E-state index in [0.717, 1.165) is 81.6 Å². The predicted octanol–water partition coefficient (Wildman–Crippen LogP) is 5.33. The molecule has 5 rings (SSSR count). The first-order valence-electron chi connectivity index (χ1n) is 13.1. The van der Waals surface area contributed by atoms with Crippen molar-refractivity contribution in [3.63, 3.8) is 0 Å². The Kier molecular flexibility index (Phi) is 8.28. The molecule has 0 spiro atoms. The Morgan fingerprint density at radius 1 is 1.03 bits per heavy atom. The lowest BCUT2D eigenvalue weighted by molar-refractivity contribution is 0.0517. The average molecular weight is 507 g/mol.